The number of rotatable bonds is 2. The Balaban J connectivity index is 2.29. The van der Waals surface area contributed by atoms with E-state index in [1.807, 2.05) is 25.1 Å². The number of aromatic nitrogens is 2. The molecule has 0 saturated carbocycles. The zero-order valence-corrected chi connectivity index (χ0v) is 8.64. The minimum Gasteiger partial charge on any atom is -0.398 e. The highest BCUT2D eigenvalue weighted by atomic mass is 32.2. The van der Waals surface area contributed by atoms with E-state index in [1.54, 1.807) is 24.2 Å². The van der Waals surface area contributed by atoms with E-state index in [9.17, 15) is 0 Å². The van der Waals surface area contributed by atoms with Crippen LogP contribution in [0, 0.1) is 6.92 Å². The average molecular weight is 205 g/mol. The van der Waals surface area contributed by atoms with Crippen LogP contribution in [0.4, 0.5) is 5.69 Å². The average Bonchev–Trinajstić information content (AvgIpc) is 2.66. The molecule has 1 heterocycles. The van der Waals surface area contributed by atoms with Gasteiger partial charge in [0.2, 0.25) is 0 Å². The van der Waals surface area contributed by atoms with E-state index < -0.39 is 0 Å². The fourth-order valence-corrected chi connectivity index (χ4v) is 2.02. The molecule has 1 aromatic heterocycles. The second kappa shape index (κ2) is 3.75. The smallest absolute Gasteiger partial charge is 0.170 e. The summed E-state index contributed by atoms with van der Waals surface area (Å²) >= 11 is 1.54. The quantitative estimate of drug-likeness (QED) is 0.740. The summed E-state index contributed by atoms with van der Waals surface area (Å²) in [5, 5.41) is 0.863. The summed E-state index contributed by atoms with van der Waals surface area (Å²) in [6, 6.07) is 5.99. The van der Waals surface area contributed by atoms with Crippen LogP contribution < -0.4 is 5.73 Å². The van der Waals surface area contributed by atoms with Gasteiger partial charge in [0.25, 0.3) is 0 Å². The lowest BCUT2D eigenvalue weighted by atomic mass is 10.2. The molecule has 0 aliphatic carbocycles. The number of nitrogens with zero attached hydrogens (tertiary/aromatic N) is 1. The van der Waals surface area contributed by atoms with E-state index in [-0.39, 0.29) is 0 Å². The number of hydrogen-bond acceptors (Lipinski definition) is 3. The summed E-state index contributed by atoms with van der Waals surface area (Å²) < 4.78 is 0. The first-order valence-electron chi connectivity index (χ1n) is 4.29. The number of benzene rings is 1. The molecule has 0 unspecified atom stereocenters. The van der Waals surface area contributed by atoms with Crippen LogP contribution in [0.1, 0.15) is 5.56 Å². The molecule has 14 heavy (non-hydrogen) atoms. The fraction of sp³-hybridized carbons (Fsp3) is 0.100. The molecule has 0 atom stereocenters. The van der Waals surface area contributed by atoms with Crippen molar-refractivity contribution >= 4 is 17.4 Å². The van der Waals surface area contributed by atoms with Gasteiger partial charge in [-0.1, -0.05) is 12.1 Å². The van der Waals surface area contributed by atoms with Gasteiger partial charge in [-0.3, -0.25) is 0 Å². The zero-order chi connectivity index (χ0) is 9.97. The molecule has 72 valence electrons. The largest absolute Gasteiger partial charge is 0.398 e. The summed E-state index contributed by atoms with van der Waals surface area (Å²) in [5.41, 5.74) is 7.86. The zero-order valence-electron chi connectivity index (χ0n) is 7.82. The number of nitrogen functional groups attached to an aromatic ring is 1. The van der Waals surface area contributed by atoms with Gasteiger partial charge in [-0.25, -0.2) is 4.98 Å². The first kappa shape index (κ1) is 9.15. The van der Waals surface area contributed by atoms with Crippen LogP contribution in [0.25, 0.3) is 0 Å². The van der Waals surface area contributed by atoms with Crippen LogP contribution in [0.5, 0.6) is 0 Å². The SMILES string of the molecule is Cc1cccc(Sc2ncc[nH]2)c1N. The van der Waals surface area contributed by atoms with E-state index in [0.717, 1.165) is 21.3 Å². The third-order valence-electron chi connectivity index (χ3n) is 1.96. The molecule has 0 aliphatic rings. The van der Waals surface area contributed by atoms with Crippen molar-refractivity contribution in [1.29, 1.82) is 0 Å². The van der Waals surface area contributed by atoms with Gasteiger partial charge in [0.05, 0.1) is 0 Å². The number of hydrogen-bond donors (Lipinski definition) is 2. The van der Waals surface area contributed by atoms with Crippen LogP contribution in [-0.4, -0.2) is 9.97 Å². The van der Waals surface area contributed by atoms with E-state index in [2.05, 4.69) is 9.97 Å². The van der Waals surface area contributed by atoms with Gasteiger partial charge in [0.1, 0.15) is 0 Å². The number of imidazole rings is 1. The number of nitrogens with one attached hydrogen (secondary N) is 1. The highest BCUT2D eigenvalue weighted by Gasteiger charge is 2.04. The molecule has 0 fully saturated rings. The van der Waals surface area contributed by atoms with Crippen LogP contribution in [0.2, 0.25) is 0 Å². The van der Waals surface area contributed by atoms with Crippen LogP contribution in [-0.2, 0) is 0 Å². The molecule has 0 spiro atoms. The third-order valence-corrected chi connectivity index (χ3v) is 2.96. The van der Waals surface area contributed by atoms with Gasteiger partial charge in [-0.15, -0.1) is 0 Å². The highest BCUT2D eigenvalue weighted by Crippen LogP contribution is 2.31. The summed E-state index contributed by atoms with van der Waals surface area (Å²) in [6.45, 7) is 2.00. The maximum atomic E-state index is 5.94. The van der Waals surface area contributed by atoms with Crippen molar-refractivity contribution in [3.63, 3.8) is 0 Å². The second-order valence-electron chi connectivity index (χ2n) is 2.98. The first-order chi connectivity index (χ1) is 6.77. The van der Waals surface area contributed by atoms with E-state index in [0.29, 0.717) is 0 Å². The molecule has 2 rings (SSSR count). The Morgan fingerprint density at radius 1 is 1.43 bits per heavy atom. The van der Waals surface area contributed by atoms with Crippen molar-refractivity contribution < 1.29 is 0 Å². The molecule has 1 aromatic carbocycles. The molecule has 3 nitrogen and oxygen atoms in total. The van der Waals surface area contributed by atoms with Crippen molar-refractivity contribution in [2.45, 2.75) is 17.0 Å². The molecule has 0 amide bonds. The first-order valence-corrected chi connectivity index (χ1v) is 5.11. The molecule has 0 radical (unpaired) electrons. The van der Waals surface area contributed by atoms with Gasteiger partial charge in [-0.05, 0) is 30.3 Å². The fourth-order valence-electron chi connectivity index (χ4n) is 1.15. The molecule has 0 aliphatic heterocycles. The third kappa shape index (κ3) is 1.75. The Labute approximate surface area is 86.7 Å². The molecular formula is C10H11N3S. The lowest BCUT2D eigenvalue weighted by molar-refractivity contribution is 1.06. The van der Waals surface area contributed by atoms with Crippen molar-refractivity contribution in [3.8, 4) is 0 Å². The number of nitrogens with two attached hydrogens (primary N) is 1. The Morgan fingerprint density at radius 3 is 3.00 bits per heavy atom. The number of aryl methyl sites for hydroxylation is 1. The standard InChI is InChI=1S/C10H11N3S/c1-7-3-2-4-8(9(7)11)14-10-12-5-6-13-10/h2-6H,11H2,1H3,(H,12,13). The van der Waals surface area contributed by atoms with Crippen LogP contribution >= 0.6 is 11.8 Å². The van der Waals surface area contributed by atoms with Crippen molar-refractivity contribution in [3.05, 3.63) is 36.2 Å². The van der Waals surface area contributed by atoms with E-state index in [4.69, 9.17) is 5.73 Å². The topological polar surface area (TPSA) is 54.7 Å². The minimum absolute atomic E-state index is 0.828. The van der Waals surface area contributed by atoms with Gasteiger partial charge < -0.3 is 10.7 Å². The summed E-state index contributed by atoms with van der Waals surface area (Å²) in [6.07, 6.45) is 3.53. The lowest BCUT2D eigenvalue weighted by Crippen LogP contribution is -1.91. The van der Waals surface area contributed by atoms with E-state index >= 15 is 0 Å². The predicted octanol–water partition coefficient (Wildman–Crippen LogP) is 2.45. The van der Waals surface area contributed by atoms with Gasteiger partial charge in [-0.2, -0.15) is 0 Å². The van der Waals surface area contributed by atoms with E-state index in [1.165, 1.54) is 0 Å². The summed E-state index contributed by atoms with van der Waals surface area (Å²) in [7, 11) is 0. The maximum Gasteiger partial charge on any atom is 0.170 e. The lowest BCUT2D eigenvalue weighted by Gasteiger charge is -2.05. The number of para-hydroxylation sites is 1. The van der Waals surface area contributed by atoms with Crippen molar-refractivity contribution in [2.24, 2.45) is 0 Å². The maximum absolute atomic E-state index is 5.94. The molecule has 0 saturated heterocycles. The van der Waals surface area contributed by atoms with Gasteiger partial charge >= 0.3 is 0 Å². The number of anilines is 1. The molecular weight excluding hydrogens is 194 g/mol. The normalized spacial score (nSPS) is 10.4. The Bertz CT molecular complexity index is 423. The summed E-state index contributed by atoms with van der Waals surface area (Å²) in [5.74, 6) is 0. The Kier molecular flexibility index (Phi) is 2.45. The highest BCUT2D eigenvalue weighted by molar-refractivity contribution is 7.99. The molecule has 2 aromatic rings. The second-order valence-corrected chi connectivity index (χ2v) is 4.01. The van der Waals surface area contributed by atoms with Crippen molar-refractivity contribution in [2.75, 3.05) is 5.73 Å². The molecule has 0 bridgehead atoms. The van der Waals surface area contributed by atoms with Gasteiger partial charge in [0.15, 0.2) is 5.16 Å². The van der Waals surface area contributed by atoms with Crippen LogP contribution in [0.3, 0.4) is 0 Å². The summed E-state index contributed by atoms with van der Waals surface area (Å²) in [4.78, 5) is 8.20. The monoisotopic (exact) mass is 205 g/mol. The Morgan fingerprint density at radius 2 is 2.29 bits per heavy atom. The number of H-pyrrole nitrogens is 1. The number of aromatic amines is 1. The molecule has 4 heteroatoms. The van der Waals surface area contributed by atoms with Crippen molar-refractivity contribution in [1.82, 2.24) is 9.97 Å². The van der Waals surface area contributed by atoms with Gasteiger partial charge in [0, 0.05) is 23.0 Å². The minimum atomic E-state index is 0.828. The molecule has 3 N–H and O–H groups in total. The predicted molar refractivity (Wildman–Crippen MR) is 58.3 cm³/mol. The van der Waals surface area contributed by atoms with Crippen LogP contribution in [0.15, 0.2) is 40.6 Å². The Hall–Kier alpha value is -1.42.